The molecule has 0 aromatic heterocycles. The highest BCUT2D eigenvalue weighted by Gasteiger charge is 2.15. The van der Waals surface area contributed by atoms with Crippen molar-refractivity contribution >= 4 is 17.5 Å². The van der Waals surface area contributed by atoms with Crippen molar-refractivity contribution in [3.63, 3.8) is 0 Å². The summed E-state index contributed by atoms with van der Waals surface area (Å²) < 4.78 is 5.26. The summed E-state index contributed by atoms with van der Waals surface area (Å²) in [5.41, 5.74) is 6.89. The Balaban J connectivity index is 1.93. The third-order valence-electron chi connectivity index (χ3n) is 2.77. The van der Waals surface area contributed by atoms with Gasteiger partial charge in [0.25, 0.3) is 5.91 Å². The van der Waals surface area contributed by atoms with Crippen LogP contribution in [0.4, 0.5) is 5.69 Å². The van der Waals surface area contributed by atoms with Crippen LogP contribution in [-0.4, -0.2) is 25.0 Å². The predicted octanol–water partition coefficient (Wildman–Crippen LogP) is 0.373. The van der Waals surface area contributed by atoms with Gasteiger partial charge in [-0.3, -0.25) is 9.59 Å². The van der Waals surface area contributed by atoms with Crippen LogP contribution in [0, 0.1) is 0 Å². The summed E-state index contributed by atoms with van der Waals surface area (Å²) in [7, 11) is 0. The van der Waals surface area contributed by atoms with Crippen molar-refractivity contribution in [2.24, 2.45) is 5.73 Å². The van der Waals surface area contributed by atoms with Crippen LogP contribution in [0.15, 0.2) is 18.2 Å². The van der Waals surface area contributed by atoms with Crippen molar-refractivity contribution in [2.45, 2.75) is 19.4 Å². The highest BCUT2D eigenvalue weighted by Crippen LogP contribution is 2.28. The van der Waals surface area contributed by atoms with Crippen LogP contribution in [0.2, 0.25) is 0 Å². The molecule has 0 unspecified atom stereocenters. The Hall–Kier alpha value is -2.08. The van der Waals surface area contributed by atoms with Crippen molar-refractivity contribution in [1.82, 2.24) is 5.32 Å². The van der Waals surface area contributed by atoms with E-state index in [-0.39, 0.29) is 18.4 Å². The topological polar surface area (TPSA) is 93.5 Å². The number of rotatable bonds is 5. The summed E-state index contributed by atoms with van der Waals surface area (Å²) in [6.45, 7) is 0.977. The maximum atomic E-state index is 11.5. The normalized spacial score (nSPS) is 13.2. The molecule has 0 saturated carbocycles. The average Bonchev–Trinajstić information content (AvgIpc) is 2.42. The molecule has 0 saturated heterocycles. The van der Waals surface area contributed by atoms with Gasteiger partial charge in [0.1, 0.15) is 5.75 Å². The molecule has 1 aliphatic rings. The van der Waals surface area contributed by atoms with Crippen molar-refractivity contribution in [2.75, 3.05) is 18.5 Å². The SMILES string of the molecule is NCCCC(=O)NCc1ccc2c(c1)NC(=O)CO2. The minimum atomic E-state index is -0.170. The zero-order valence-electron chi connectivity index (χ0n) is 10.6. The highest BCUT2D eigenvalue weighted by molar-refractivity contribution is 5.95. The van der Waals surface area contributed by atoms with Gasteiger partial charge in [0.15, 0.2) is 6.61 Å². The van der Waals surface area contributed by atoms with E-state index < -0.39 is 0 Å². The Morgan fingerprint density at radius 3 is 3.11 bits per heavy atom. The third kappa shape index (κ3) is 3.69. The molecule has 0 bridgehead atoms. The second-order valence-electron chi connectivity index (χ2n) is 4.34. The molecular formula is C13H17N3O3. The molecule has 1 heterocycles. The molecule has 0 fully saturated rings. The average molecular weight is 263 g/mol. The van der Waals surface area contributed by atoms with Gasteiger partial charge in [-0.2, -0.15) is 0 Å². The summed E-state index contributed by atoms with van der Waals surface area (Å²) >= 11 is 0. The third-order valence-corrected chi connectivity index (χ3v) is 2.77. The largest absolute Gasteiger partial charge is 0.482 e. The van der Waals surface area contributed by atoms with Gasteiger partial charge in [0.2, 0.25) is 5.91 Å². The van der Waals surface area contributed by atoms with Crippen LogP contribution in [0.3, 0.4) is 0 Å². The molecule has 4 N–H and O–H groups in total. The zero-order valence-corrected chi connectivity index (χ0v) is 10.6. The molecule has 102 valence electrons. The number of fused-ring (bicyclic) bond motifs is 1. The number of nitrogens with two attached hydrogens (primary N) is 1. The fourth-order valence-corrected chi connectivity index (χ4v) is 1.79. The molecule has 2 rings (SSSR count). The van der Waals surface area contributed by atoms with Gasteiger partial charge >= 0.3 is 0 Å². The van der Waals surface area contributed by atoms with Crippen molar-refractivity contribution < 1.29 is 14.3 Å². The van der Waals surface area contributed by atoms with Crippen LogP contribution in [0.25, 0.3) is 0 Å². The molecule has 0 aliphatic carbocycles. The van der Waals surface area contributed by atoms with Gasteiger partial charge in [0.05, 0.1) is 5.69 Å². The van der Waals surface area contributed by atoms with Gasteiger partial charge in [-0.05, 0) is 30.7 Å². The van der Waals surface area contributed by atoms with Gasteiger partial charge in [-0.1, -0.05) is 6.07 Å². The van der Waals surface area contributed by atoms with E-state index in [1.54, 1.807) is 12.1 Å². The van der Waals surface area contributed by atoms with Crippen LogP contribution in [-0.2, 0) is 16.1 Å². The molecule has 0 radical (unpaired) electrons. The van der Waals surface area contributed by atoms with Gasteiger partial charge < -0.3 is 21.1 Å². The zero-order chi connectivity index (χ0) is 13.7. The molecule has 6 nitrogen and oxygen atoms in total. The number of carbonyl (C=O) groups is 2. The molecule has 2 amide bonds. The molecule has 19 heavy (non-hydrogen) atoms. The first-order valence-corrected chi connectivity index (χ1v) is 6.21. The molecule has 1 aliphatic heterocycles. The first-order chi connectivity index (χ1) is 9.19. The lowest BCUT2D eigenvalue weighted by molar-refractivity contribution is -0.121. The molecule has 6 heteroatoms. The van der Waals surface area contributed by atoms with Crippen LogP contribution >= 0.6 is 0 Å². The Morgan fingerprint density at radius 1 is 1.47 bits per heavy atom. The van der Waals surface area contributed by atoms with Crippen LogP contribution in [0.1, 0.15) is 18.4 Å². The van der Waals surface area contributed by atoms with E-state index in [0.29, 0.717) is 37.4 Å². The van der Waals surface area contributed by atoms with Crippen molar-refractivity contribution in [3.8, 4) is 5.75 Å². The number of anilines is 1. The van der Waals surface area contributed by atoms with Crippen molar-refractivity contribution in [3.05, 3.63) is 23.8 Å². The maximum absolute atomic E-state index is 11.5. The summed E-state index contributed by atoms with van der Waals surface area (Å²) in [5.74, 6) is 0.456. The number of nitrogens with one attached hydrogen (secondary N) is 2. The molecule has 1 aromatic carbocycles. The second-order valence-corrected chi connectivity index (χ2v) is 4.34. The number of hydrogen-bond donors (Lipinski definition) is 3. The predicted molar refractivity (Wildman–Crippen MR) is 70.7 cm³/mol. The quantitative estimate of drug-likeness (QED) is 0.715. The van der Waals surface area contributed by atoms with E-state index in [1.165, 1.54) is 0 Å². The number of ether oxygens (including phenoxy) is 1. The summed E-state index contributed by atoms with van der Waals surface area (Å²) in [5, 5.41) is 5.53. The first kappa shape index (κ1) is 13.4. The Kier molecular flexibility index (Phi) is 4.35. The smallest absolute Gasteiger partial charge is 0.262 e. The lowest BCUT2D eigenvalue weighted by atomic mass is 10.1. The van der Waals surface area contributed by atoms with E-state index >= 15 is 0 Å². The number of benzene rings is 1. The second kappa shape index (κ2) is 6.19. The van der Waals surface area contributed by atoms with Gasteiger partial charge in [-0.25, -0.2) is 0 Å². The van der Waals surface area contributed by atoms with E-state index in [9.17, 15) is 9.59 Å². The summed E-state index contributed by atoms with van der Waals surface area (Å²) in [6, 6.07) is 5.45. The summed E-state index contributed by atoms with van der Waals surface area (Å²) in [4.78, 5) is 22.7. The van der Waals surface area contributed by atoms with E-state index in [0.717, 1.165) is 5.56 Å². The fourth-order valence-electron chi connectivity index (χ4n) is 1.79. The highest BCUT2D eigenvalue weighted by atomic mass is 16.5. The number of amides is 2. The monoisotopic (exact) mass is 263 g/mol. The minimum absolute atomic E-state index is 0.0246. The van der Waals surface area contributed by atoms with Crippen LogP contribution < -0.4 is 21.1 Å². The van der Waals surface area contributed by atoms with Crippen LogP contribution in [0.5, 0.6) is 5.75 Å². The van der Waals surface area contributed by atoms with E-state index in [1.807, 2.05) is 6.07 Å². The number of hydrogen-bond acceptors (Lipinski definition) is 4. The Bertz CT molecular complexity index is 488. The lowest BCUT2D eigenvalue weighted by Gasteiger charge is -2.18. The van der Waals surface area contributed by atoms with E-state index in [2.05, 4.69) is 10.6 Å². The molecular weight excluding hydrogens is 246 g/mol. The van der Waals surface area contributed by atoms with Gasteiger partial charge in [0, 0.05) is 13.0 Å². The van der Waals surface area contributed by atoms with Crippen molar-refractivity contribution in [1.29, 1.82) is 0 Å². The first-order valence-electron chi connectivity index (χ1n) is 6.21. The Morgan fingerprint density at radius 2 is 2.32 bits per heavy atom. The molecule has 0 atom stereocenters. The standard InChI is InChI=1S/C13H17N3O3/c14-5-1-2-12(17)15-7-9-3-4-11-10(6-9)16-13(18)8-19-11/h3-4,6H,1-2,5,7-8,14H2,(H,15,17)(H,16,18). The van der Waals surface area contributed by atoms with E-state index in [4.69, 9.17) is 10.5 Å². The lowest BCUT2D eigenvalue weighted by Crippen LogP contribution is -2.26. The summed E-state index contributed by atoms with van der Waals surface area (Å²) in [6.07, 6.45) is 1.11. The minimum Gasteiger partial charge on any atom is -0.482 e. The van der Waals surface area contributed by atoms with Gasteiger partial charge in [-0.15, -0.1) is 0 Å². The fraction of sp³-hybridized carbons (Fsp3) is 0.385. The Labute approximate surface area is 111 Å². The maximum Gasteiger partial charge on any atom is 0.262 e. The number of carbonyl (C=O) groups excluding carboxylic acids is 2. The molecule has 1 aromatic rings. The molecule has 0 spiro atoms.